The number of aryl methyl sites for hydroxylation is 2. The lowest BCUT2D eigenvalue weighted by Gasteiger charge is -2.08. The van der Waals surface area contributed by atoms with Crippen molar-refractivity contribution in [3.8, 4) is 5.69 Å². The molecule has 0 saturated heterocycles. The van der Waals surface area contributed by atoms with E-state index in [2.05, 4.69) is 10.1 Å². The fraction of sp³-hybridized carbons (Fsp3) is 0.167. The Balaban J connectivity index is 2.46. The van der Waals surface area contributed by atoms with E-state index in [9.17, 15) is 0 Å². The van der Waals surface area contributed by atoms with Gasteiger partial charge in [0.2, 0.25) is 0 Å². The molecule has 0 fully saturated rings. The van der Waals surface area contributed by atoms with Crippen LogP contribution in [0, 0.1) is 11.7 Å². The van der Waals surface area contributed by atoms with Gasteiger partial charge in [-0.3, -0.25) is 4.57 Å². The van der Waals surface area contributed by atoms with Crippen LogP contribution in [0.5, 0.6) is 0 Å². The van der Waals surface area contributed by atoms with E-state index >= 15 is 0 Å². The van der Waals surface area contributed by atoms with Gasteiger partial charge in [-0.15, -0.1) is 0 Å². The number of benzene rings is 1. The van der Waals surface area contributed by atoms with Crippen molar-refractivity contribution >= 4 is 46.6 Å². The highest BCUT2D eigenvalue weighted by atomic mass is 35.5. The van der Waals surface area contributed by atoms with Crippen LogP contribution in [0.1, 0.15) is 5.69 Å². The molecule has 0 saturated carbocycles. The quantitative estimate of drug-likeness (QED) is 0.689. The van der Waals surface area contributed by atoms with Crippen molar-refractivity contribution in [1.82, 2.24) is 19.3 Å². The minimum absolute atomic E-state index is 0.472. The Morgan fingerprint density at radius 2 is 2.05 bits per heavy atom. The van der Waals surface area contributed by atoms with Gasteiger partial charge in [-0.05, 0) is 31.3 Å². The minimum atomic E-state index is 0.472. The predicted octanol–water partition coefficient (Wildman–Crippen LogP) is 4.04. The van der Waals surface area contributed by atoms with Gasteiger partial charge in [0.05, 0.1) is 21.4 Å². The van der Waals surface area contributed by atoms with Gasteiger partial charge in [0.15, 0.2) is 10.4 Å². The van der Waals surface area contributed by atoms with Gasteiger partial charge in [-0.2, -0.15) is 5.10 Å². The van der Waals surface area contributed by atoms with Crippen LogP contribution in [0.3, 0.4) is 0 Å². The van der Waals surface area contributed by atoms with Crippen LogP contribution in [0.4, 0.5) is 0 Å². The second kappa shape index (κ2) is 4.37. The number of fused-ring (bicyclic) bond motifs is 1. The van der Waals surface area contributed by atoms with Crippen molar-refractivity contribution in [2.24, 2.45) is 7.05 Å². The van der Waals surface area contributed by atoms with E-state index in [1.165, 1.54) is 0 Å². The highest BCUT2D eigenvalue weighted by molar-refractivity contribution is 7.71. The van der Waals surface area contributed by atoms with Crippen LogP contribution in [-0.4, -0.2) is 19.3 Å². The summed E-state index contributed by atoms with van der Waals surface area (Å²) < 4.78 is 4.18. The van der Waals surface area contributed by atoms with Crippen LogP contribution in [0.15, 0.2) is 18.2 Å². The molecule has 2 aromatic heterocycles. The molecule has 0 unspecified atom stereocenters. The Kier molecular flexibility index (Phi) is 2.92. The van der Waals surface area contributed by atoms with Gasteiger partial charge in [-0.25, -0.2) is 4.68 Å². The molecule has 1 N–H and O–H groups in total. The molecule has 0 aliphatic heterocycles. The summed E-state index contributed by atoms with van der Waals surface area (Å²) in [5.74, 6) is 0. The summed E-state index contributed by atoms with van der Waals surface area (Å²) in [6.45, 7) is 1.93. The van der Waals surface area contributed by atoms with Gasteiger partial charge in [0, 0.05) is 7.05 Å². The SMILES string of the molecule is Cc1nn(C)c2c1[nH]c(=S)n2-c1cccc(Cl)c1Cl. The van der Waals surface area contributed by atoms with Crippen LogP contribution in [0.25, 0.3) is 16.9 Å². The van der Waals surface area contributed by atoms with Crippen molar-refractivity contribution in [3.63, 3.8) is 0 Å². The van der Waals surface area contributed by atoms with Gasteiger partial charge < -0.3 is 4.98 Å². The zero-order valence-corrected chi connectivity index (χ0v) is 12.6. The van der Waals surface area contributed by atoms with E-state index in [1.807, 2.05) is 30.7 Å². The number of imidazole rings is 1. The highest BCUT2D eigenvalue weighted by Gasteiger charge is 2.16. The molecule has 0 bridgehead atoms. The largest absolute Gasteiger partial charge is 0.327 e. The number of nitrogens with zero attached hydrogens (tertiary/aromatic N) is 3. The lowest BCUT2D eigenvalue weighted by molar-refractivity contribution is 0.759. The fourth-order valence-electron chi connectivity index (χ4n) is 2.20. The maximum atomic E-state index is 6.27. The summed E-state index contributed by atoms with van der Waals surface area (Å²) in [5.41, 5.74) is 3.41. The smallest absolute Gasteiger partial charge is 0.184 e. The van der Waals surface area contributed by atoms with Gasteiger partial charge in [-0.1, -0.05) is 29.3 Å². The minimum Gasteiger partial charge on any atom is -0.327 e. The van der Waals surface area contributed by atoms with Crippen molar-refractivity contribution in [2.45, 2.75) is 6.92 Å². The fourth-order valence-corrected chi connectivity index (χ4v) is 2.86. The van der Waals surface area contributed by atoms with E-state index in [-0.39, 0.29) is 0 Å². The zero-order chi connectivity index (χ0) is 13.7. The molecule has 19 heavy (non-hydrogen) atoms. The number of rotatable bonds is 1. The maximum Gasteiger partial charge on any atom is 0.184 e. The Morgan fingerprint density at radius 1 is 1.32 bits per heavy atom. The summed E-state index contributed by atoms with van der Waals surface area (Å²) in [4.78, 5) is 3.15. The average Bonchev–Trinajstić information content (AvgIpc) is 2.82. The molecule has 0 spiro atoms. The summed E-state index contributed by atoms with van der Waals surface area (Å²) in [7, 11) is 1.87. The molecule has 0 aliphatic rings. The van der Waals surface area contributed by atoms with E-state index in [1.54, 1.807) is 10.7 Å². The normalized spacial score (nSPS) is 11.4. The van der Waals surface area contributed by atoms with E-state index in [0.29, 0.717) is 14.8 Å². The molecule has 7 heteroatoms. The summed E-state index contributed by atoms with van der Waals surface area (Å²) in [6, 6.07) is 5.46. The molecule has 1 aromatic carbocycles. The number of hydrogen-bond acceptors (Lipinski definition) is 2. The number of hydrogen-bond donors (Lipinski definition) is 1. The Bertz CT molecular complexity index is 843. The predicted molar refractivity (Wildman–Crippen MR) is 80.0 cm³/mol. The van der Waals surface area contributed by atoms with Crippen LogP contribution in [0.2, 0.25) is 10.0 Å². The van der Waals surface area contributed by atoms with Crippen molar-refractivity contribution in [1.29, 1.82) is 0 Å². The first kappa shape index (κ1) is 12.7. The molecule has 0 radical (unpaired) electrons. The molecule has 4 nitrogen and oxygen atoms in total. The first-order chi connectivity index (χ1) is 9.00. The molecule has 98 valence electrons. The number of aromatic amines is 1. The molecule has 3 aromatic rings. The number of H-pyrrole nitrogens is 1. The van der Waals surface area contributed by atoms with Crippen LogP contribution in [-0.2, 0) is 7.05 Å². The topological polar surface area (TPSA) is 38.5 Å². The van der Waals surface area contributed by atoms with E-state index in [0.717, 1.165) is 22.5 Å². The Hall–Kier alpha value is -1.30. The lowest BCUT2D eigenvalue weighted by atomic mass is 10.3. The molecular formula is C12H10Cl2N4S. The third-order valence-corrected chi connectivity index (χ3v) is 4.10. The first-order valence-corrected chi connectivity index (χ1v) is 6.76. The van der Waals surface area contributed by atoms with Crippen molar-refractivity contribution < 1.29 is 0 Å². The molecule has 2 heterocycles. The molecule has 3 rings (SSSR count). The van der Waals surface area contributed by atoms with Crippen molar-refractivity contribution in [3.05, 3.63) is 38.7 Å². The second-order valence-electron chi connectivity index (χ2n) is 4.25. The third kappa shape index (κ3) is 1.81. The van der Waals surface area contributed by atoms with Gasteiger partial charge in [0.1, 0.15) is 5.52 Å². The van der Waals surface area contributed by atoms with Crippen LogP contribution >= 0.6 is 35.4 Å². The molecular weight excluding hydrogens is 303 g/mol. The second-order valence-corrected chi connectivity index (χ2v) is 5.42. The summed E-state index contributed by atoms with van der Waals surface area (Å²) >= 11 is 17.7. The van der Waals surface area contributed by atoms with Gasteiger partial charge in [0.25, 0.3) is 0 Å². The molecule has 0 aliphatic carbocycles. The van der Waals surface area contributed by atoms with E-state index in [4.69, 9.17) is 35.4 Å². The zero-order valence-electron chi connectivity index (χ0n) is 10.2. The van der Waals surface area contributed by atoms with Crippen molar-refractivity contribution in [2.75, 3.05) is 0 Å². The molecule has 0 atom stereocenters. The summed E-state index contributed by atoms with van der Waals surface area (Å²) in [6.07, 6.45) is 0. The third-order valence-electron chi connectivity index (χ3n) is 3.01. The standard InChI is InChI=1S/C12H10Cl2N4S/c1-6-10-11(17(2)16-6)18(12(19)15-10)8-5-3-4-7(13)9(8)14/h3-5H,1-2H3,(H,15,19). The maximum absolute atomic E-state index is 6.27. The average molecular weight is 313 g/mol. The van der Waals surface area contributed by atoms with E-state index < -0.39 is 0 Å². The molecule has 0 amide bonds. The van der Waals surface area contributed by atoms with Crippen LogP contribution < -0.4 is 0 Å². The Labute approximate surface area is 124 Å². The lowest BCUT2D eigenvalue weighted by Crippen LogP contribution is -2.01. The number of halogens is 2. The number of aromatic nitrogens is 4. The highest BCUT2D eigenvalue weighted by Crippen LogP contribution is 2.31. The monoisotopic (exact) mass is 312 g/mol. The summed E-state index contributed by atoms with van der Waals surface area (Å²) in [5, 5.41) is 5.34. The first-order valence-electron chi connectivity index (χ1n) is 5.59. The Morgan fingerprint density at radius 3 is 2.79 bits per heavy atom. The van der Waals surface area contributed by atoms with Gasteiger partial charge >= 0.3 is 0 Å². The number of nitrogens with one attached hydrogen (secondary N) is 1.